The Bertz CT molecular complexity index is 825. The maximum Gasteiger partial charge on any atom is 0.218 e. The molecule has 1 aliphatic rings. The Hall–Kier alpha value is -1.45. The fraction of sp³-hybridized carbons (Fsp3) is 0.467. The Balaban J connectivity index is 2.16. The molecule has 6 nitrogen and oxygen atoms in total. The highest BCUT2D eigenvalue weighted by Crippen LogP contribution is 2.35. The third-order valence-electron chi connectivity index (χ3n) is 4.38. The van der Waals surface area contributed by atoms with Crippen LogP contribution in [-0.2, 0) is 4.74 Å². The normalized spacial score (nSPS) is 27.7. The summed E-state index contributed by atoms with van der Waals surface area (Å²) in [6, 6.07) is 1.68. The van der Waals surface area contributed by atoms with Gasteiger partial charge in [-0.05, 0) is 25.5 Å². The van der Waals surface area contributed by atoms with Crippen LogP contribution in [0.15, 0.2) is 6.07 Å². The van der Waals surface area contributed by atoms with Gasteiger partial charge in [0.1, 0.15) is 34.7 Å². The fourth-order valence-electron chi connectivity index (χ4n) is 2.82. The van der Waals surface area contributed by atoms with E-state index in [0.717, 1.165) is 0 Å². The Morgan fingerprint density at radius 2 is 2.00 bits per heavy atom. The molecule has 0 bridgehead atoms. The number of pyridine rings is 2. The summed E-state index contributed by atoms with van der Waals surface area (Å²) in [6.45, 7) is 2.98. The quantitative estimate of drug-likeness (QED) is 0.484. The molecule has 0 spiro atoms. The first-order chi connectivity index (χ1) is 10.8. The standard InChI is InChI=1S/C15H17FN2O4S/c1-5-6(2)13(16)17-14-7(5)3-8(15(23)18-14)12-11(21)10(20)9(4-19)22-12/h3,9-12,19-21H,4H2,1-2H3,(H,17,18,23)/t9-,10?,11+,12+/m1/s1. The lowest BCUT2D eigenvalue weighted by molar-refractivity contribution is -0.0229. The molecule has 2 aromatic heterocycles. The van der Waals surface area contributed by atoms with Crippen molar-refractivity contribution >= 4 is 23.3 Å². The van der Waals surface area contributed by atoms with Gasteiger partial charge in [-0.25, -0.2) is 4.98 Å². The van der Waals surface area contributed by atoms with Gasteiger partial charge in [0.2, 0.25) is 5.95 Å². The summed E-state index contributed by atoms with van der Waals surface area (Å²) in [5.41, 5.74) is 1.90. The van der Waals surface area contributed by atoms with Crippen LogP contribution in [0.3, 0.4) is 0 Å². The van der Waals surface area contributed by atoms with E-state index in [1.807, 2.05) is 0 Å². The molecule has 23 heavy (non-hydrogen) atoms. The highest BCUT2D eigenvalue weighted by atomic mass is 32.1. The van der Waals surface area contributed by atoms with Gasteiger partial charge in [-0.1, -0.05) is 12.2 Å². The van der Waals surface area contributed by atoms with Gasteiger partial charge in [-0.2, -0.15) is 4.39 Å². The van der Waals surface area contributed by atoms with E-state index in [4.69, 9.17) is 17.0 Å². The van der Waals surface area contributed by atoms with E-state index in [-0.39, 0.29) is 4.64 Å². The van der Waals surface area contributed by atoms with Gasteiger partial charge in [0.25, 0.3) is 0 Å². The van der Waals surface area contributed by atoms with Crippen LogP contribution in [0.25, 0.3) is 11.0 Å². The number of halogens is 1. The van der Waals surface area contributed by atoms with Crippen LogP contribution in [0.4, 0.5) is 4.39 Å². The molecule has 8 heteroatoms. The number of hydrogen-bond donors (Lipinski definition) is 4. The van der Waals surface area contributed by atoms with Crippen LogP contribution in [0.1, 0.15) is 22.8 Å². The van der Waals surface area contributed by atoms with Crippen molar-refractivity contribution in [3.8, 4) is 0 Å². The van der Waals surface area contributed by atoms with Crippen LogP contribution in [-0.4, -0.2) is 50.2 Å². The molecule has 1 saturated heterocycles. The highest BCUT2D eigenvalue weighted by Gasteiger charge is 2.43. The van der Waals surface area contributed by atoms with Gasteiger partial charge in [0, 0.05) is 16.5 Å². The van der Waals surface area contributed by atoms with E-state index in [1.165, 1.54) is 0 Å². The maximum absolute atomic E-state index is 13.8. The average Bonchev–Trinajstić information content (AvgIpc) is 2.80. The largest absolute Gasteiger partial charge is 0.394 e. The maximum atomic E-state index is 13.8. The molecule has 4 N–H and O–H groups in total. The van der Waals surface area contributed by atoms with Gasteiger partial charge in [0.15, 0.2) is 0 Å². The van der Waals surface area contributed by atoms with Crippen molar-refractivity contribution in [1.82, 2.24) is 9.97 Å². The molecule has 0 saturated carbocycles. The van der Waals surface area contributed by atoms with Crippen molar-refractivity contribution in [2.45, 2.75) is 38.3 Å². The second-order valence-corrected chi connectivity index (χ2v) is 6.14. The molecule has 124 valence electrons. The number of aryl methyl sites for hydroxylation is 1. The second-order valence-electron chi connectivity index (χ2n) is 5.73. The molecule has 3 rings (SSSR count). The van der Waals surface area contributed by atoms with Crippen LogP contribution < -0.4 is 0 Å². The smallest absolute Gasteiger partial charge is 0.218 e. The Kier molecular flexibility index (Phi) is 4.19. The summed E-state index contributed by atoms with van der Waals surface area (Å²) in [5.74, 6) is -0.568. The molecule has 1 aliphatic heterocycles. The van der Waals surface area contributed by atoms with E-state index in [2.05, 4.69) is 9.97 Å². The molecule has 0 amide bonds. The summed E-state index contributed by atoms with van der Waals surface area (Å²) >= 11 is 5.25. The number of aromatic nitrogens is 2. The van der Waals surface area contributed by atoms with Gasteiger partial charge in [-0.15, -0.1) is 0 Å². The van der Waals surface area contributed by atoms with E-state index < -0.39 is 37.0 Å². The lowest BCUT2D eigenvalue weighted by Gasteiger charge is -2.16. The summed E-state index contributed by atoms with van der Waals surface area (Å²) in [4.78, 5) is 6.69. The number of H-pyrrole nitrogens is 1. The number of nitrogens with zero attached hydrogens (tertiary/aromatic N) is 1. The molecule has 0 radical (unpaired) electrons. The summed E-state index contributed by atoms with van der Waals surface area (Å²) < 4.78 is 19.5. The molecule has 0 aliphatic carbocycles. The minimum Gasteiger partial charge on any atom is -0.394 e. The molecule has 2 aromatic rings. The van der Waals surface area contributed by atoms with Crippen LogP contribution in [0, 0.1) is 24.4 Å². The van der Waals surface area contributed by atoms with Crippen molar-refractivity contribution in [3.63, 3.8) is 0 Å². The predicted molar refractivity (Wildman–Crippen MR) is 83.1 cm³/mol. The fourth-order valence-corrected chi connectivity index (χ4v) is 3.09. The molecule has 0 aromatic carbocycles. The van der Waals surface area contributed by atoms with Gasteiger partial charge >= 0.3 is 0 Å². The zero-order valence-electron chi connectivity index (χ0n) is 12.6. The zero-order chi connectivity index (χ0) is 16.9. The first kappa shape index (κ1) is 16.4. The number of ether oxygens (including phenoxy) is 1. The summed E-state index contributed by atoms with van der Waals surface area (Å²) in [5, 5.41) is 29.9. The van der Waals surface area contributed by atoms with E-state index in [1.54, 1.807) is 19.9 Å². The van der Waals surface area contributed by atoms with Crippen molar-refractivity contribution in [3.05, 3.63) is 33.3 Å². The number of nitrogens with one attached hydrogen (secondary N) is 1. The number of aliphatic hydroxyl groups is 3. The number of aromatic amines is 1. The third kappa shape index (κ3) is 2.56. The van der Waals surface area contributed by atoms with Gasteiger partial charge < -0.3 is 25.0 Å². The average molecular weight is 340 g/mol. The molecule has 1 unspecified atom stereocenters. The number of fused-ring (bicyclic) bond motifs is 1. The van der Waals surface area contributed by atoms with Gasteiger partial charge in [-0.3, -0.25) is 0 Å². The molecular formula is C15H17FN2O4S. The van der Waals surface area contributed by atoms with Gasteiger partial charge in [0.05, 0.1) is 6.61 Å². The predicted octanol–water partition coefficient (Wildman–Crippen LogP) is 1.20. The highest BCUT2D eigenvalue weighted by molar-refractivity contribution is 7.71. The topological polar surface area (TPSA) is 98.6 Å². The minimum atomic E-state index is -1.21. The van der Waals surface area contributed by atoms with Crippen molar-refractivity contribution in [2.75, 3.05) is 6.61 Å². The molecule has 4 atom stereocenters. The van der Waals surface area contributed by atoms with E-state index >= 15 is 0 Å². The lowest BCUT2D eigenvalue weighted by Crippen LogP contribution is -2.32. The Labute approximate surface area is 136 Å². The second kappa shape index (κ2) is 5.88. The first-order valence-electron chi connectivity index (χ1n) is 7.17. The summed E-state index contributed by atoms with van der Waals surface area (Å²) in [6.07, 6.45) is -4.17. The molecule has 1 fully saturated rings. The van der Waals surface area contributed by atoms with Crippen molar-refractivity contribution < 1.29 is 24.4 Å². The summed E-state index contributed by atoms with van der Waals surface area (Å²) in [7, 11) is 0. The van der Waals surface area contributed by atoms with E-state index in [9.17, 15) is 19.7 Å². The van der Waals surface area contributed by atoms with Crippen LogP contribution in [0.5, 0.6) is 0 Å². The number of rotatable bonds is 2. The minimum absolute atomic E-state index is 0.238. The Morgan fingerprint density at radius 1 is 1.30 bits per heavy atom. The zero-order valence-corrected chi connectivity index (χ0v) is 13.4. The lowest BCUT2D eigenvalue weighted by atomic mass is 10.0. The monoisotopic (exact) mass is 340 g/mol. The number of hydrogen-bond acceptors (Lipinski definition) is 6. The van der Waals surface area contributed by atoms with Crippen molar-refractivity contribution in [2.24, 2.45) is 0 Å². The van der Waals surface area contributed by atoms with E-state index in [0.29, 0.717) is 27.7 Å². The molecular weight excluding hydrogens is 323 g/mol. The third-order valence-corrected chi connectivity index (χ3v) is 4.72. The Morgan fingerprint density at radius 3 is 2.61 bits per heavy atom. The van der Waals surface area contributed by atoms with Crippen molar-refractivity contribution in [1.29, 1.82) is 0 Å². The first-order valence-corrected chi connectivity index (χ1v) is 7.58. The van der Waals surface area contributed by atoms with Crippen LogP contribution >= 0.6 is 12.2 Å². The number of aliphatic hydroxyl groups excluding tert-OH is 3. The molecule has 3 heterocycles. The SMILES string of the molecule is Cc1c(F)nc2[nH]c(=S)c([C@@H]3O[C@H](CO)C(O)[C@@H]3O)cc2c1C. The van der Waals surface area contributed by atoms with Crippen LogP contribution in [0.2, 0.25) is 0 Å².